The van der Waals surface area contributed by atoms with Gasteiger partial charge in [-0.05, 0) is 75.8 Å². The Hall–Kier alpha value is -3.19. The van der Waals surface area contributed by atoms with Crippen molar-refractivity contribution in [2.24, 2.45) is 0 Å². The molecule has 1 aromatic carbocycles. The van der Waals surface area contributed by atoms with Crippen LogP contribution in [0.4, 0.5) is 23.7 Å². The van der Waals surface area contributed by atoms with E-state index < -0.39 is 18.8 Å². The molecule has 0 spiro atoms. The van der Waals surface area contributed by atoms with Crippen molar-refractivity contribution in [2.45, 2.75) is 38.0 Å². The van der Waals surface area contributed by atoms with Gasteiger partial charge in [0.2, 0.25) is 0 Å². The van der Waals surface area contributed by atoms with Crippen LogP contribution in [0, 0.1) is 0 Å². The molecule has 1 aliphatic rings. The lowest BCUT2D eigenvalue weighted by Gasteiger charge is -2.29. The van der Waals surface area contributed by atoms with E-state index in [1.807, 2.05) is 28.8 Å². The Morgan fingerprint density at radius 3 is 2.79 bits per heavy atom. The topological polar surface area (TPSA) is 95.0 Å². The maximum absolute atomic E-state index is 12.3. The van der Waals surface area contributed by atoms with Gasteiger partial charge in [-0.25, -0.2) is 9.78 Å². The lowest BCUT2D eigenvalue weighted by Crippen LogP contribution is -2.41. The molecule has 38 heavy (non-hydrogen) atoms. The van der Waals surface area contributed by atoms with Crippen LogP contribution in [0.1, 0.15) is 24.8 Å². The van der Waals surface area contributed by atoms with E-state index >= 15 is 0 Å². The lowest BCUT2D eigenvalue weighted by molar-refractivity contribution is -0.122. The molecule has 4 rings (SSSR count). The fraction of sp³-hybridized carbons (Fsp3) is 0.462. The van der Waals surface area contributed by atoms with Gasteiger partial charge in [-0.3, -0.25) is 4.40 Å². The monoisotopic (exact) mass is 533 g/mol. The number of urea groups is 1. The number of piperidine rings is 1. The van der Waals surface area contributed by atoms with Crippen molar-refractivity contribution in [3.63, 3.8) is 0 Å². The summed E-state index contributed by atoms with van der Waals surface area (Å²) < 4.78 is 38.8. The van der Waals surface area contributed by atoms with Gasteiger partial charge in [-0.2, -0.15) is 18.7 Å². The van der Waals surface area contributed by atoms with Gasteiger partial charge in [0.15, 0.2) is 0 Å². The number of hydrogen-bond donors (Lipinski definition) is 4. The SMILES string of the molecule is CN1CCC(NCCCONCc2ccn3c(-c4cccc(NC(=O)NCC(F)(F)F)c4)cnc3c2)CC1. The number of likely N-dealkylation sites (tertiary alicyclic amines) is 1. The summed E-state index contributed by atoms with van der Waals surface area (Å²) in [4.78, 5) is 24.2. The number of benzene rings is 1. The van der Waals surface area contributed by atoms with Crippen LogP contribution in [0.3, 0.4) is 0 Å². The highest BCUT2D eigenvalue weighted by molar-refractivity contribution is 5.90. The maximum atomic E-state index is 12.3. The molecule has 12 heteroatoms. The zero-order valence-corrected chi connectivity index (χ0v) is 21.4. The highest BCUT2D eigenvalue weighted by Crippen LogP contribution is 2.24. The highest BCUT2D eigenvalue weighted by atomic mass is 19.4. The predicted molar refractivity (Wildman–Crippen MR) is 140 cm³/mol. The average Bonchev–Trinajstić information content (AvgIpc) is 3.31. The number of hydrogen-bond acceptors (Lipinski definition) is 6. The van der Waals surface area contributed by atoms with E-state index in [1.54, 1.807) is 29.7 Å². The number of aromatic nitrogens is 2. The number of alkyl halides is 3. The fourth-order valence-electron chi connectivity index (χ4n) is 4.33. The highest BCUT2D eigenvalue weighted by Gasteiger charge is 2.27. The number of pyridine rings is 1. The van der Waals surface area contributed by atoms with E-state index in [2.05, 4.69) is 33.0 Å². The van der Waals surface area contributed by atoms with Crippen molar-refractivity contribution in [1.82, 2.24) is 30.4 Å². The quantitative estimate of drug-likeness (QED) is 0.221. The van der Waals surface area contributed by atoms with Crippen LogP contribution in [0.25, 0.3) is 16.9 Å². The lowest BCUT2D eigenvalue weighted by atomic mass is 10.1. The van der Waals surface area contributed by atoms with Gasteiger partial charge in [-0.1, -0.05) is 12.1 Å². The molecule has 0 unspecified atom stereocenters. The number of carbonyl (C=O) groups is 1. The van der Waals surface area contributed by atoms with Gasteiger partial charge >= 0.3 is 12.2 Å². The summed E-state index contributed by atoms with van der Waals surface area (Å²) in [6.45, 7) is 2.99. The second-order valence-electron chi connectivity index (χ2n) is 9.47. The Morgan fingerprint density at radius 2 is 2.00 bits per heavy atom. The molecule has 0 atom stereocenters. The Kier molecular flexibility index (Phi) is 9.56. The van der Waals surface area contributed by atoms with Gasteiger partial charge in [0, 0.05) is 30.0 Å². The second-order valence-corrected chi connectivity index (χ2v) is 9.47. The van der Waals surface area contributed by atoms with E-state index in [0.29, 0.717) is 24.9 Å². The molecule has 206 valence electrons. The number of halogens is 3. The standard InChI is InChI=1S/C26H34F3N7O2/c1-35-10-7-21(8-11-35)30-9-3-13-38-33-16-19-6-12-36-23(17-31-24(36)14-19)20-4-2-5-22(15-20)34-25(37)32-18-26(27,28)29/h2,4-6,12,14-15,17,21,30,33H,3,7-11,13,16,18H2,1H3,(H2,32,34,37). The minimum atomic E-state index is -4.47. The minimum Gasteiger partial charge on any atom is -0.329 e. The molecule has 4 N–H and O–H groups in total. The van der Waals surface area contributed by atoms with Gasteiger partial charge in [0.1, 0.15) is 12.2 Å². The smallest absolute Gasteiger partial charge is 0.329 e. The maximum Gasteiger partial charge on any atom is 0.405 e. The molecule has 3 heterocycles. The molecule has 1 fully saturated rings. The summed E-state index contributed by atoms with van der Waals surface area (Å²) in [5, 5.41) is 7.82. The Morgan fingerprint density at radius 1 is 1.18 bits per heavy atom. The number of carbonyl (C=O) groups excluding carboxylic acids is 1. The molecule has 0 aliphatic carbocycles. The number of anilines is 1. The summed E-state index contributed by atoms with van der Waals surface area (Å²) in [7, 11) is 2.16. The van der Waals surface area contributed by atoms with Crippen LogP contribution in [-0.4, -0.2) is 72.4 Å². The first-order chi connectivity index (χ1) is 18.3. The van der Waals surface area contributed by atoms with Crippen LogP contribution in [0.5, 0.6) is 0 Å². The van der Waals surface area contributed by atoms with Crippen LogP contribution in [0.15, 0.2) is 48.8 Å². The molecule has 2 amide bonds. The van der Waals surface area contributed by atoms with Crippen LogP contribution in [-0.2, 0) is 11.4 Å². The van der Waals surface area contributed by atoms with Crippen molar-refractivity contribution in [3.05, 3.63) is 54.4 Å². The predicted octanol–water partition coefficient (Wildman–Crippen LogP) is 3.78. The van der Waals surface area contributed by atoms with E-state index in [4.69, 9.17) is 4.84 Å². The molecule has 1 saturated heterocycles. The summed E-state index contributed by atoms with van der Waals surface area (Å²) in [5.74, 6) is 0. The fourth-order valence-corrected chi connectivity index (χ4v) is 4.33. The Bertz CT molecular complexity index is 1190. The third-order valence-corrected chi connectivity index (χ3v) is 6.40. The van der Waals surface area contributed by atoms with E-state index in [1.165, 1.54) is 12.8 Å². The number of amides is 2. The van der Waals surface area contributed by atoms with E-state index in [9.17, 15) is 18.0 Å². The Balaban J connectivity index is 1.23. The van der Waals surface area contributed by atoms with Crippen LogP contribution in [0.2, 0.25) is 0 Å². The molecule has 0 radical (unpaired) electrons. The van der Waals surface area contributed by atoms with Crippen LogP contribution >= 0.6 is 0 Å². The Labute approximate surface area is 219 Å². The zero-order chi connectivity index (χ0) is 27.0. The number of fused-ring (bicyclic) bond motifs is 1. The van der Waals surface area contributed by atoms with Gasteiger partial charge < -0.3 is 25.7 Å². The zero-order valence-electron chi connectivity index (χ0n) is 21.4. The third-order valence-electron chi connectivity index (χ3n) is 6.40. The molecule has 1 aliphatic heterocycles. The largest absolute Gasteiger partial charge is 0.405 e. The minimum absolute atomic E-state index is 0.372. The number of rotatable bonds is 11. The first kappa shape index (κ1) is 27.8. The van der Waals surface area contributed by atoms with E-state index in [0.717, 1.165) is 48.5 Å². The first-order valence-electron chi connectivity index (χ1n) is 12.7. The van der Waals surface area contributed by atoms with Crippen molar-refractivity contribution < 1.29 is 22.8 Å². The third kappa shape index (κ3) is 8.42. The molecular formula is C26H34F3N7O2. The second kappa shape index (κ2) is 13.1. The molecule has 9 nitrogen and oxygen atoms in total. The molecular weight excluding hydrogens is 499 g/mol. The molecule has 0 saturated carbocycles. The number of nitrogens with one attached hydrogen (secondary N) is 4. The molecule has 2 aromatic heterocycles. The van der Waals surface area contributed by atoms with E-state index in [-0.39, 0.29) is 0 Å². The first-order valence-corrected chi connectivity index (χ1v) is 12.7. The molecule has 3 aromatic rings. The summed E-state index contributed by atoms with van der Waals surface area (Å²) in [6.07, 6.45) is 2.45. The summed E-state index contributed by atoms with van der Waals surface area (Å²) in [5.41, 5.74) is 6.67. The van der Waals surface area contributed by atoms with Gasteiger partial charge in [0.25, 0.3) is 0 Å². The number of hydroxylamine groups is 1. The van der Waals surface area contributed by atoms with Crippen molar-refractivity contribution in [2.75, 3.05) is 45.2 Å². The summed E-state index contributed by atoms with van der Waals surface area (Å²) >= 11 is 0. The average molecular weight is 534 g/mol. The number of imidazole rings is 1. The van der Waals surface area contributed by atoms with Crippen molar-refractivity contribution in [1.29, 1.82) is 0 Å². The van der Waals surface area contributed by atoms with Crippen molar-refractivity contribution in [3.8, 4) is 11.3 Å². The van der Waals surface area contributed by atoms with Gasteiger partial charge in [-0.15, -0.1) is 0 Å². The van der Waals surface area contributed by atoms with Crippen molar-refractivity contribution >= 4 is 17.4 Å². The normalized spacial score (nSPS) is 15.2. The molecule has 0 bridgehead atoms. The summed E-state index contributed by atoms with van der Waals surface area (Å²) in [6, 6.07) is 10.4. The number of nitrogens with zero attached hydrogens (tertiary/aromatic N) is 3. The van der Waals surface area contributed by atoms with Crippen LogP contribution < -0.4 is 21.4 Å². The van der Waals surface area contributed by atoms with Gasteiger partial charge in [0.05, 0.1) is 18.5 Å².